The van der Waals surface area contributed by atoms with Gasteiger partial charge in [0.15, 0.2) is 5.69 Å². The van der Waals surface area contributed by atoms with Crippen molar-refractivity contribution >= 4 is 11.8 Å². The van der Waals surface area contributed by atoms with Crippen molar-refractivity contribution < 1.29 is 22.8 Å². The van der Waals surface area contributed by atoms with Gasteiger partial charge in [0.1, 0.15) is 0 Å². The van der Waals surface area contributed by atoms with Gasteiger partial charge < -0.3 is 15.5 Å². The molecule has 5 rings (SSSR count). The van der Waals surface area contributed by atoms with Crippen LogP contribution in [0.4, 0.5) is 13.2 Å². The largest absolute Gasteiger partial charge is 0.416 e. The Bertz CT molecular complexity index is 1110. The molecule has 2 amide bonds. The molecule has 176 valence electrons. The maximum absolute atomic E-state index is 13.5. The number of nitrogens with two attached hydrogens (primary N) is 1. The van der Waals surface area contributed by atoms with Gasteiger partial charge in [-0.1, -0.05) is 18.2 Å². The molecule has 10 heteroatoms. The van der Waals surface area contributed by atoms with Gasteiger partial charge in [-0.25, -0.2) is 0 Å². The zero-order valence-corrected chi connectivity index (χ0v) is 18.3. The third-order valence-corrected chi connectivity index (χ3v) is 7.51. The quantitative estimate of drug-likeness (QED) is 0.719. The number of hydrogen-bond acceptors (Lipinski definition) is 4. The van der Waals surface area contributed by atoms with E-state index in [-0.39, 0.29) is 35.8 Å². The Morgan fingerprint density at radius 1 is 1.24 bits per heavy atom. The molecule has 1 saturated heterocycles. The van der Waals surface area contributed by atoms with E-state index in [1.165, 1.54) is 19.1 Å². The Labute approximate surface area is 189 Å². The SMILES string of the molecule is CC(=O)N1CCc2[nH]nc(C(=O)N3C[C@H]4C[C@@H](c5ccccc5C(F)(F)F)C[C@@]4(N)C3)c2C1. The van der Waals surface area contributed by atoms with Crippen molar-refractivity contribution in [2.45, 2.75) is 50.4 Å². The summed E-state index contributed by atoms with van der Waals surface area (Å²) in [6, 6.07) is 5.69. The van der Waals surface area contributed by atoms with E-state index in [0.717, 1.165) is 17.3 Å². The molecule has 3 heterocycles. The van der Waals surface area contributed by atoms with E-state index in [9.17, 15) is 22.8 Å². The molecule has 3 aliphatic rings. The first-order chi connectivity index (χ1) is 15.6. The van der Waals surface area contributed by atoms with E-state index >= 15 is 0 Å². The van der Waals surface area contributed by atoms with Gasteiger partial charge in [-0.15, -0.1) is 0 Å². The molecule has 0 unspecified atom stereocenters. The van der Waals surface area contributed by atoms with Crippen LogP contribution in [0.3, 0.4) is 0 Å². The Morgan fingerprint density at radius 3 is 2.70 bits per heavy atom. The minimum Gasteiger partial charge on any atom is -0.338 e. The molecule has 1 aromatic heterocycles. The molecule has 2 aliphatic heterocycles. The molecular formula is C23H26F3N5O2. The van der Waals surface area contributed by atoms with Crippen LogP contribution in [0.25, 0.3) is 0 Å². The lowest BCUT2D eigenvalue weighted by atomic mass is 9.89. The number of rotatable bonds is 2. The first kappa shape index (κ1) is 21.9. The molecule has 1 saturated carbocycles. The predicted molar refractivity (Wildman–Crippen MR) is 113 cm³/mol. The number of carbonyl (C=O) groups excluding carboxylic acids is 2. The summed E-state index contributed by atoms with van der Waals surface area (Å²) in [5, 5.41) is 7.16. The maximum Gasteiger partial charge on any atom is 0.416 e. The van der Waals surface area contributed by atoms with Gasteiger partial charge in [-0.05, 0) is 36.3 Å². The molecule has 1 aliphatic carbocycles. The molecule has 1 aromatic carbocycles. The Hall–Kier alpha value is -2.88. The smallest absolute Gasteiger partial charge is 0.338 e. The second-order valence-electron chi connectivity index (χ2n) is 9.56. The number of hydrogen-bond donors (Lipinski definition) is 2. The number of amides is 2. The number of likely N-dealkylation sites (tertiary alicyclic amines) is 1. The number of H-pyrrole nitrogens is 1. The standard InChI is InChI=1S/C23H26F3N5O2/c1-13(32)30-7-6-19-17(11-30)20(29-28-19)21(33)31-10-15-8-14(9-22(15,27)12-31)16-4-2-3-5-18(16)23(24,25)26/h2-5,14-15H,6-12,27H2,1H3,(H,28,29)/t14-,15-,22-/m1/s1. The fourth-order valence-electron chi connectivity index (χ4n) is 5.82. The average Bonchev–Trinajstić information content (AvgIpc) is 3.41. The number of aromatic nitrogens is 2. The summed E-state index contributed by atoms with van der Waals surface area (Å²) in [4.78, 5) is 28.4. The Morgan fingerprint density at radius 2 is 2.00 bits per heavy atom. The molecule has 3 atom stereocenters. The van der Waals surface area contributed by atoms with Crippen molar-refractivity contribution in [2.75, 3.05) is 19.6 Å². The highest BCUT2D eigenvalue weighted by atomic mass is 19.4. The number of nitrogens with zero attached hydrogens (tertiary/aromatic N) is 3. The topological polar surface area (TPSA) is 95.3 Å². The molecule has 3 N–H and O–H groups in total. The summed E-state index contributed by atoms with van der Waals surface area (Å²) in [6.45, 7) is 3.08. The lowest BCUT2D eigenvalue weighted by Gasteiger charge is -2.27. The second kappa shape index (κ2) is 7.58. The van der Waals surface area contributed by atoms with Crippen LogP contribution in [0.2, 0.25) is 0 Å². The number of carbonyl (C=O) groups is 2. The van der Waals surface area contributed by atoms with Crippen molar-refractivity contribution in [1.82, 2.24) is 20.0 Å². The minimum absolute atomic E-state index is 0.0537. The first-order valence-corrected chi connectivity index (χ1v) is 11.1. The normalized spacial score (nSPS) is 26.9. The highest BCUT2D eigenvalue weighted by molar-refractivity contribution is 5.94. The second-order valence-corrected chi connectivity index (χ2v) is 9.56. The summed E-state index contributed by atoms with van der Waals surface area (Å²) < 4.78 is 40.5. The van der Waals surface area contributed by atoms with Gasteiger partial charge in [0.05, 0.1) is 5.56 Å². The van der Waals surface area contributed by atoms with E-state index in [2.05, 4.69) is 10.2 Å². The van der Waals surface area contributed by atoms with E-state index in [0.29, 0.717) is 44.6 Å². The van der Waals surface area contributed by atoms with Crippen LogP contribution in [-0.2, 0) is 23.9 Å². The van der Waals surface area contributed by atoms with E-state index in [1.54, 1.807) is 15.9 Å². The highest BCUT2D eigenvalue weighted by Gasteiger charge is 2.53. The van der Waals surface area contributed by atoms with Crippen LogP contribution in [0, 0.1) is 5.92 Å². The fourth-order valence-corrected chi connectivity index (χ4v) is 5.82. The third kappa shape index (κ3) is 3.70. The number of nitrogens with one attached hydrogen (secondary N) is 1. The zero-order valence-electron chi connectivity index (χ0n) is 18.3. The van der Waals surface area contributed by atoms with E-state index in [1.807, 2.05) is 0 Å². The molecule has 0 spiro atoms. The van der Waals surface area contributed by atoms with Gasteiger partial charge in [0, 0.05) is 56.3 Å². The minimum atomic E-state index is -4.41. The van der Waals surface area contributed by atoms with Gasteiger partial charge >= 0.3 is 6.18 Å². The molecule has 7 nitrogen and oxygen atoms in total. The van der Waals surface area contributed by atoms with Gasteiger partial charge in [-0.2, -0.15) is 18.3 Å². The first-order valence-electron chi connectivity index (χ1n) is 11.1. The maximum atomic E-state index is 13.5. The van der Waals surface area contributed by atoms with Crippen molar-refractivity contribution in [3.8, 4) is 0 Å². The fraction of sp³-hybridized carbons (Fsp3) is 0.522. The summed E-state index contributed by atoms with van der Waals surface area (Å²) in [7, 11) is 0. The van der Waals surface area contributed by atoms with Crippen molar-refractivity contribution in [3.05, 3.63) is 52.3 Å². The van der Waals surface area contributed by atoms with Crippen LogP contribution in [0.15, 0.2) is 24.3 Å². The lowest BCUT2D eigenvalue weighted by molar-refractivity contribution is -0.138. The van der Waals surface area contributed by atoms with Crippen molar-refractivity contribution in [1.29, 1.82) is 0 Å². The van der Waals surface area contributed by atoms with Crippen LogP contribution in [0.5, 0.6) is 0 Å². The van der Waals surface area contributed by atoms with Crippen LogP contribution < -0.4 is 5.73 Å². The summed E-state index contributed by atoms with van der Waals surface area (Å²) >= 11 is 0. The zero-order chi connectivity index (χ0) is 23.5. The van der Waals surface area contributed by atoms with E-state index < -0.39 is 17.3 Å². The summed E-state index contributed by atoms with van der Waals surface area (Å²) in [5.41, 5.74) is 7.52. The monoisotopic (exact) mass is 461 g/mol. The molecule has 0 radical (unpaired) electrons. The Balaban J connectivity index is 1.33. The van der Waals surface area contributed by atoms with Crippen LogP contribution in [-0.4, -0.2) is 57.0 Å². The van der Waals surface area contributed by atoms with Gasteiger partial charge in [-0.3, -0.25) is 14.7 Å². The number of halogens is 3. The lowest BCUT2D eigenvalue weighted by Crippen LogP contribution is -2.45. The number of fused-ring (bicyclic) bond motifs is 2. The van der Waals surface area contributed by atoms with Crippen molar-refractivity contribution in [3.63, 3.8) is 0 Å². The van der Waals surface area contributed by atoms with Gasteiger partial charge in [0.2, 0.25) is 5.91 Å². The molecular weight excluding hydrogens is 435 g/mol. The molecule has 2 aromatic rings. The summed E-state index contributed by atoms with van der Waals surface area (Å²) in [5.74, 6) is -0.681. The number of alkyl halides is 3. The third-order valence-electron chi connectivity index (χ3n) is 7.51. The van der Waals surface area contributed by atoms with Crippen molar-refractivity contribution in [2.24, 2.45) is 11.7 Å². The molecule has 2 fully saturated rings. The molecule has 0 bridgehead atoms. The Kier molecular flexibility index (Phi) is 5.04. The van der Waals surface area contributed by atoms with E-state index in [4.69, 9.17) is 5.73 Å². The average molecular weight is 461 g/mol. The number of benzene rings is 1. The molecule has 33 heavy (non-hydrogen) atoms. The number of aromatic amines is 1. The summed E-state index contributed by atoms with van der Waals surface area (Å²) in [6.07, 6.45) is -2.90. The predicted octanol–water partition coefficient (Wildman–Crippen LogP) is 2.68. The highest BCUT2D eigenvalue weighted by Crippen LogP contribution is 2.50. The van der Waals surface area contributed by atoms with Crippen LogP contribution in [0.1, 0.15) is 58.6 Å². The van der Waals surface area contributed by atoms with Crippen LogP contribution >= 0.6 is 0 Å². The van der Waals surface area contributed by atoms with Gasteiger partial charge in [0.25, 0.3) is 5.91 Å².